The number of nitrogens with zero attached hydrogens (tertiary/aromatic N) is 1. The van der Waals surface area contributed by atoms with Crippen LogP contribution >= 0.6 is 0 Å². The summed E-state index contributed by atoms with van der Waals surface area (Å²) < 4.78 is 13.5. The molecule has 0 spiro atoms. The Hall–Kier alpha value is -1.42. The lowest BCUT2D eigenvalue weighted by atomic mass is 10.1. The van der Waals surface area contributed by atoms with Gasteiger partial charge in [-0.2, -0.15) is 5.10 Å². The number of hydrogen-bond acceptors (Lipinski definition) is 2. The van der Waals surface area contributed by atoms with Gasteiger partial charge in [0.05, 0.1) is 11.2 Å². The normalized spacial score (nSPS) is 13.3. The van der Waals surface area contributed by atoms with Crippen LogP contribution in [0.25, 0.3) is 10.9 Å². The van der Waals surface area contributed by atoms with Gasteiger partial charge in [0.25, 0.3) is 0 Å². The van der Waals surface area contributed by atoms with E-state index in [1.807, 2.05) is 24.3 Å². The Morgan fingerprint density at radius 3 is 3.00 bits per heavy atom. The van der Waals surface area contributed by atoms with Crippen molar-refractivity contribution in [3.63, 3.8) is 0 Å². The van der Waals surface area contributed by atoms with Crippen molar-refractivity contribution >= 4 is 10.9 Å². The molecule has 3 N–H and O–H groups in total. The van der Waals surface area contributed by atoms with Gasteiger partial charge >= 0.3 is 0 Å². The molecular weight excluding hydrogens is 181 g/mol. The number of H-pyrrole nitrogens is 1. The van der Waals surface area contributed by atoms with Crippen LogP contribution in [0.4, 0.5) is 4.39 Å². The molecule has 0 aliphatic rings. The van der Waals surface area contributed by atoms with E-state index in [0.717, 1.165) is 10.9 Å². The lowest BCUT2D eigenvalue weighted by molar-refractivity contribution is 0.322. The molecular formula is C10H12FN3. The summed E-state index contributed by atoms with van der Waals surface area (Å²) in [5.74, 6) is 0. The van der Waals surface area contributed by atoms with Crippen molar-refractivity contribution in [2.45, 2.75) is 12.6 Å². The predicted octanol–water partition coefficient (Wildman–Crippen LogP) is 1.92. The summed E-state index contributed by atoms with van der Waals surface area (Å²) in [6.07, 6.45) is -0.723. The molecule has 2 aromatic rings. The second-order valence-electron chi connectivity index (χ2n) is 3.20. The van der Waals surface area contributed by atoms with Crippen LogP contribution in [-0.2, 0) is 0 Å². The third kappa shape index (κ3) is 1.48. The van der Waals surface area contributed by atoms with Crippen molar-refractivity contribution < 1.29 is 4.39 Å². The molecule has 0 fully saturated rings. The van der Waals surface area contributed by atoms with Crippen molar-refractivity contribution in [2.75, 3.05) is 6.54 Å². The van der Waals surface area contributed by atoms with Gasteiger partial charge in [-0.05, 0) is 19.0 Å². The van der Waals surface area contributed by atoms with Gasteiger partial charge in [0.2, 0.25) is 0 Å². The van der Waals surface area contributed by atoms with Crippen LogP contribution < -0.4 is 5.73 Å². The van der Waals surface area contributed by atoms with E-state index in [9.17, 15) is 4.39 Å². The minimum Gasteiger partial charge on any atom is -0.330 e. The second-order valence-corrected chi connectivity index (χ2v) is 3.20. The molecule has 4 heteroatoms. The summed E-state index contributed by atoms with van der Waals surface area (Å²) in [6.45, 7) is 0.342. The van der Waals surface area contributed by atoms with E-state index in [4.69, 9.17) is 5.73 Å². The maximum absolute atomic E-state index is 13.5. The number of hydrogen-bond donors (Lipinski definition) is 2. The number of rotatable bonds is 3. The van der Waals surface area contributed by atoms with E-state index in [-0.39, 0.29) is 0 Å². The van der Waals surface area contributed by atoms with Crippen molar-refractivity contribution in [3.05, 3.63) is 30.0 Å². The zero-order valence-electron chi connectivity index (χ0n) is 7.70. The third-order valence-electron chi connectivity index (χ3n) is 2.22. The molecule has 74 valence electrons. The lowest BCUT2D eigenvalue weighted by Gasteiger charge is -2.03. The summed E-state index contributed by atoms with van der Waals surface area (Å²) in [4.78, 5) is 0. The van der Waals surface area contributed by atoms with Gasteiger partial charge in [-0.1, -0.05) is 18.2 Å². The highest BCUT2D eigenvalue weighted by Gasteiger charge is 2.14. The maximum atomic E-state index is 13.5. The Balaban J connectivity index is 2.42. The summed E-state index contributed by atoms with van der Waals surface area (Å²) in [7, 11) is 0. The first-order chi connectivity index (χ1) is 6.83. The number of aromatic nitrogens is 2. The van der Waals surface area contributed by atoms with Crippen LogP contribution in [0, 0.1) is 0 Å². The zero-order chi connectivity index (χ0) is 9.97. The van der Waals surface area contributed by atoms with Crippen LogP contribution in [0.3, 0.4) is 0 Å². The number of fused-ring (bicyclic) bond motifs is 1. The average molecular weight is 193 g/mol. The van der Waals surface area contributed by atoms with Crippen LogP contribution in [0.1, 0.15) is 18.3 Å². The van der Waals surface area contributed by atoms with E-state index in [1.54, 1.807) is 0 Å². The number of aromatic amines is 1. The number of nitrogens with two attached hydrogens (primary N) is 1. The molecule has 1 atom stereocenters. The number of para-hydroxylation sites is 1. The average Bonchev–Trinajstić information content (AvgIpc) is 2.61. The fourth-order valence-corrected chi connectivity index (χ4v) is 1.51. The van der Waals surface area contributed by atoms with E-state index in [1.165, 1.54) is 0 Å². The van der Waals surface area contributed by atoms with Crippen LogP contribution in [0.5, 0.6) is 0 Å². The predicted molar refractivity (Wildman–Crippen MR) is 53.6 cm³/mol. The van der Waals surface area contributed by atoms with Gasteiger partial charge in [-0.15, -0.1) is 0 Å². The largest absolute Gasteiger partial charge is 0.330 e. The van der Waals surface area contributed by atoms with Gasteiger partial charge in [0.15, 0.2) is 0 Å². The quantitative estimate of drug-likeness (QED) is 0.782. The first-order valence-corrected chi connectivity index (χ1v) is 4.60. The monoisotopic (exact) mass is 193 g/mol. The van der Waals surface area contributed by atoms with E-state index in [0.29, 0.717) is 18.7 Å². The standard InChI is InChI=1S/C10H12FN3/c11-8(5-6-12)10-7-3-1-2-4-9(7)13-14-10/h1-4,8H,5-6,12H2,(H,13,14). The first-order valence-electron chi connectivity index (χ1n) is 4.60. The van der Waals surface area contributed by atoms with E-state index in [2.05, 4.69) is 10.2 Å². The SMILES string of the molecule is NCCC(F)c1[nH]nc2ccccc12. The molecule has 0 radical (unpaired) electrons. The van der Waals surface area contributed by atoms with Gasteiger partial charge in [-0.25, -0.2) is 4.39 Å². The highest BCUT2D eigenvalue weighted by atomic mass is 19.1. The number of benzene rings is 1. The topological polar surface area (TPSA) is 54.7 Å². The van der Waals surface area contributed by atoms with Crippen LogP contribution in [0.2, 0.25) is 0 Å². The minimum atomic E-state index is -1.05. The molecule has 0 bridgehead atoms. The van der Waals surface area contributed by atoms with Crippen LogP contribution in [0.15, 0.2) is 24.3 Å². The fraction of sp³-hybridized carbons (Fsp3) is 0.300. The van der Waals surface area contributed by atoms with Crippen molar-refractivity contribution in [2.24, 2.45) is 5.73 Å². The summed E-state index contributed by atoms with van der Waals surface area (Å²) in [6, 6.07) is 7.46. The van der Waals surface area contributed by atoms with Crippen molar-refractivity contribution in [1.82, 2.24) is 10.2 Å². The highest BCUT2D eigenvalue weighted by molar-refractivity contribution is 5.81. The zero-order valence-corrected chi connectivity index (χ0v) is 7.70. The smallest absolute Gasteiger partial charge is 0.143 e. The van der Waals surface area contributed by atoms with Gasteiger partial charge in [-0.3, -0.25) is 5.10 Å². The Bertz CT molecular complexity index is 424. The first kappa shape index (κ1) is 9.15. The molecule has 1 aromatic carbocycles. The molecule has 1 unspecified atom stereocenters. The van der Waals surface area contributed by atoms with E-state index < -0.39 is 6.17 Å². The molecule has 0 saturated heterocycles. The Kier molecular flexibility index (Phi) is 2.45. The Morgan fingerprint density at radius 2 is 2.21 bits per heavy atom. The second kappa shape index (κ2) is 3.75. The van der Waals surface area contributed by atoms with E-state index >= 15 is 0 Å². The summed E-state index contributed by atoms with van der Waals surface area (Å²) >= 11 is 0. The van der Waals surface area contributed by atoms with Crippen molar-refractivity contribution in [1.29, 1.82) is 0 Å². The molecule has 0 aliphatic heterocycles. The molecule has 3 nitrogen and oxygen atoms in total. The molecule has 2 rings (SSSR count). The van der Waals surface area contributed by atoms with Crippen molar-refractivity contribution in [3.8, 4) is 0 Å². The number of alkyl halides is 1. The minimum absolute atomic E-state index is 0.326. The number of nitrogens with one attached hydrogen (secondary N) is 1. The molecule has 0 aliphatic carbocycles. The fourth-order valence-electron chi connectivity index (χ4n) is 1.51. The molecule has 1 aromatic heterocycles. The Labute approximate surface area is 81.1 Å². The lowest BCUT2D eigenvalue weighted by Crippen LogP contribution is -2.04. The summed E-state index contributed by atoms with van der Waals surface area (Å²) in [5, 5.41) is 7.58. The molecule has 0 amide bonds. The maximum Gasteiger partial charge on any atom is 0.143 e. The highest BCUT2D eigenvalue weighted by Crippen LogP contribution is 2.25. The molecule has 0 saturated carbocycles. The third-order valence-corrected chi connectivity index (χ3v) is 2.22. The summed E-state index contributed by atoms with van der Waals surface area (Å²) in [5.41, 5.74) is 6.63. The van der Waals surface area contributed by atoms with Gasteiger partial charge < -0.3 is 5.73 Å². The van der Waals surface area contributed by atoms with Crippen LogP contribution in [-0.4, -0.2) is 16.7 Å². The molecule has 14 heavy (non-hydrogen) atoms. The van der Waals surface area contributed by atoms with Gasteiger partial charge in [0.1, 0.15) is 6.17 Å². The Morgan fingerprint density at radius 1 is 1.43 bits per heavy atom. The van der Waals surface area contributed by atoms with Gasteiger partial charge in [0, 0.05) is 5.39 Å². The molecule has 1 heterocycles. The number of halogens is 1.